The van der Waals surface area contributed by atoms with Crippen LogP contribution in [0.3, 0.4) is 0 Å². The molecule has 0 spiro atoms. The maximum Gasteiger partial charge on any atom is 0.309 e. The molecular weight excluding hydrogens is 636 g/mol. The molecule has 48 heavy (non-hydrogen) atoms. The van der Waals surface area contributed by atoms with Crippen molar-refractivity contribution in [1.29, 1.82) is 0 Å². The molecular formula is C33H56O15. The van der Waals surface area contributed by atoms with Crippen molar-refractivity contribution in [2.75, 3.05) is 19.8 Å². The summed E-state index contributed by atoms with van der Waals surface area (Å²) in [6.07, 6.45) is -11.0. The van der Waals surface area contributed by atoms with Gasteiger partial charge in [0, 0.05) is 6.42 Å². The zero-order chi connectivity index (χ0) is 36.3. The highest BCUT2D eigenvalue weighted by molar-refractivity contribution is 5.74. The second-order valence-corrected chi connectivity index (χ2v) is 13.4. The molecule has 0 radical (unpaired) electrons. The summed E-state index contributed by atoms with van der Waals surface area (Å²) in [5.74, 6) is -6.68. The smallest absolute Gasteiger partial charge is 0.309 e. The Bertz CT molecular complexity index is 1050. The van der Waals surface area contributed by atoms with Gasteiger partial charge in [0.15, 0.2) is 18.3 Å². The standard InChI is InChI=1S/C33H56O15/c1-9-19(7)30(40)45-25-22(15-42-29(39)18(5)6)43-32(48-33(16-35)28(38)24(37)21(14-34)47-33)27(46-31(41)20(8)10-2)26(25)44-23(36)13-11-12-17(3)4/h17-22,24-28,32,34-35,37-38H,9-16H2,1-8H3/t19?,20?,21-,22-,24-,25-,26+,27-,28+,32-,33+/m1/s1. The monoisotopic (exact) mass is 692 g/mol. The Kier molecular flexibility index (Phi) is 16.6. The largest absolute Gasteiger partial charge is 0.463 e. The summed E-state index contributed by atoms with van der Waals surface area (Å²) in [5, 5.41) is 41.4. The molecule has 2 aliphatic rings. The fraction of sp³-hybridized carbons (Fsp3) is 0.879. The summed E-state index contributed by atoms with van der Waals surface area (Å²) >= 11 is 0. The van der Waals surface area contributed by atoms with Gasteiger partial charge in [0.2, 0.25) is 12.1 Å². The van der Waals surface area contributed by atoms with E-state index in [9.17, 15) is 39.6 Å². The van der Waals surface area contributed by atoms with Crippen LogP contribution in [0.25, 0.3) is 0 Å². The van der Waals surface area contributed by atoms with Crippen molar-refractivity contribution >= 4 is 23.9 Å². The molecule has 2 saturated heterocycles. The second-order valence-electron chi connectivity index (χ2n) is 13.4. The molecule has 2 heterocycles. The lowest BCUT2D eigenvalue weighted by Gasteiger charge is -2.46. The van der Waals surface area contributed by atoms with Gasteiger partial charge < -0.3 is 53.6 Å². The Morgan fingerprint density at radius 3 is 1.85 bits per heavy atom. The van der Waals surface area contributed by atoms with Crippen molar-refractivity contribution in [3.8, 4) is 0 Å². The number of carbonyl (C=O) groups is 4. The molecule has 15 nitrogen and oxygen atoms in total. The molecule has 15 heteroatoms. The summed E-state index contributed by atoms with van der Waals surface area (Å²) in [7, 11) is 0. The summed E-state index contributed by atoms with van der Waals surface area (Å²) in [6, 6.07) is 0. The number of hydrogen-bond acceptors (Lipinski definition) is 15. The molecule has 11 atom stereocenters. The fourth-order valence-electron chi connectivity index (χ4n) is 5.01. The van der Waals surface area contributed by atoms with Crippen molar-refractivity contribution < 1.29 is 72.8 Å². The van der Waals surface area contributed by atoms with Gasteiger partial charge in [0.25, 0.3) is 0 Å². The summed E-state index contributed by atoms with van der Waals surface area (Å²) in [6.45, 7) is 11.6. The molecule has 2 fully saturated rings. The highest BCUT2D eigenvalue weighted by Crippen LogP contribution is 2.38. The summed E-state index contributed by atoms with van der Waals surface area (Å²) < 4.78 is 40.8. The number of esters is 4. The van der Waals surface area contributed by atoms with Crippen molar-refractivity contribution in [3.63, 3.8) is 0 Å². The normalized spacial score (nSPS) is 31.7. The Labute approximate surface area is 282 Å². The van der Waals surface area contributed by atoms with Crippen molar-refractivity contribution in [1.82, 2.24) is 0 Å². The quantitative estimate of drug-likeness (QED) is 0.118. The number of rotatable bonds is 18. The Balaban J connectivity index is 2.69. The van der Waals surface area contributed by atoms with E-state index in [1.807, 2.05) is 13.8 Å². The molecule has 0 aromatic heterocycles. The minimum absolute atomic E-state index is 0.0289. The molecule has 4 N–H and O–H groups in total. The number of hydrogen-bond donors (Lipinski definition) is 4. The van der Waals surface area contributed by atoms with Gasteiger partial charge in [-0.2, -0.15) is 0 Å². The van der Waals surface area contributed by atoms with Crippen LogP contribution >= 0.6 is 0 Å². The molecule has 0 saturated carbocycles. The Morgan fingerprint density at radius 1 is 0.792 bits per heavy atom. The van der Waals surface area contributed by atoms with Crippen LogP contribution in [0.1, 0.15) is 87.5 Å². The predicted octanol–water partition coefficient (Wildman–Crippen LogP) is 1.38. The van der Waals surface area contributed by atoms with E-state index < -0.39 is 116 Å². The highest BCUT2D eigenvalue weighted by atomic mass is 16.8. The van der Waals surface area contributed by atoms with Crippen LogP contribution in [0.15, 0.2) is 0 Å². The third-order valence-corrected chi connectivity index (χ3v) is 8.64. The lowest BCUT2D eigenvalue weighted by Crippen LogP contribution is -2.65. The molecule has 2 rings (SSSR count). The van der Waals surface area contributed by atoms with Crippen LogP contribution in [-0.4, -0.2) is 119 Å². The topological polar surface area (TPSA) is 214 Å². The number of aliphatic hydroxyl groups excluding tert-OH is 4. The van der Waals surface area contributed by atoms with Crippen LogP contribution < -0.4 is 0 Å². The first-order valence-electron chi connectivity index (χ1n) is 16.9. The van der Waals surface area contributed by atoms with E-state index in [0.29, 0.717) is 31.6 Å². The van der Waals surface area contributed by atoms with Crippen molar-refractivity contribution in [3.05, 3.63) is 0 Å². The lowest BCUT2D eigenvalue weighted by molar-refractivity contribution is -0.384. The third-order valence-electron chi connectivity index (χ3n) is 8.64. The number of carbonyl (C=O) groups excluding carboxylic acids is 4. The zero-order valence-corrected chi connectivity index (χ0v) is 29.4. The molecule has 278 valence electrons. The fourth-order valence-corrected chi connectivity index (χ4v) is 5.01. The van der Waals surface area contributed by atoms with E-state index in [4.69, 9.17) is 33.2 Å². The maximum absolute atomic E-state index is 13.3. The summed E-state index contributed by atoms with van der Waals surface area (Å²) in [4.78, 5) is 52.3. The minimum atomic E-state index is -2.41. The van der Waals surface area contributed by atoms with Crippen LogP contribution in [0, 0.1) is 23.7 Å². The first kappa shape index (κ1) is 41.8. The van der Waals surface area contributed by atoms with Crippen LogP contribution in [-0.2, 0) is 52.3 Å². The average Bonchev–Trinajstić information content (AvgIpc) is 3.29. The molecule has 0 bridgehead atoms. The van der Waals surface area contributed by atoms with Crippen molar-refractivity contribution in [2.24, 2.45) is 23.7 Å². The van der Waals surface area contributed by atoms with E-state index in [0.717, 1.165) is 0 Å². The molecule has 0 amide bonds. The molecule has 0 aromatic carbocycles. The van der Waals surface area contributed by atoms with Gasteiger partial charge in [0.1, 0.15) is 37.6 Å². The average molecular weight is 693 g/mol. The number of aliphatic hydroxyl groups is 4. The molecule has 0 aromatic rings. The van der Waals surface area contributed by atoms with E-state index in [-0.39, 0.29) is 6.42 Å². The van der Waals surface area contributed by atoms with E-state index in [1.165, 1.54) is 0 Å². The minimum Gasteiger partial charge on any atom is -0.463 e. The zero-order valence-electron chi connectivity index (χ0n) is 29.4. The second kappa shape index (κ2) is 19.1. The highest BCUT2D eigenvalue weighted by Gasteiger charge is 2.61. The van der Waals surface area contributed by atoms with Crippen LogP contribution in [0.5, 0.6) is 0 Å². The SMILES string of the molecule is CCC(C)C(=O)O[C@H]1[C@@H](O[C@]2(CO)O[C@H](CO)[C@@H](O)[C@@H]2O)O[C@H](COC(=O)C(C)C)[C@@H](OC(=O)C(C)CC)[C@@H]1OC(=O)CCCC(C)C. The molecule has 0 aliphatic carbocycles. The number of ether oxygens (including phenoxy) is 7. The first-order valence-corrected chi connectivity index (χ1v) is 16.9. The third kappa shape index (κ3) is 10.8. The maximum atomic E-state index is 13.3. The van der Waals surface area contributed by atoms with Gasteiger partial charge in [0.05, 0.1) is 24.4 Å². The predicted molar refractivity (Wildman–Crippen MR) is 167 cm³/mol. The summed E-state index contributed by atoms with van der Waals surface area (Å²) in [5.41, 5.74) is 0. The van der Waals surface area contributed by atoms with Gasteiger partial charge in [-0.25, -0.2) is 0 Å². The Morgan fingerprint density at radius 2 is 1.38 bits per heavy atom. The van der Waals surface area contributed by atoms with Crippen LogP contribution in [0.4, 0.5) is 0 Å². The lowest BCUT2D eigenvalue weighted by atomic mass is 9.96. The van der Waals surface area contributed by atoms with E-state index in [2.05, 4.69) is 0 Å². The molecule has 2 aliphatic heterocycles. The molecule has 2 unspecified atom stereocenters. The van der Waals surface area contributed by atoms with Gasteiger partial charge >= 0.3 is 23.9 Å². The van der Waals surface area contributed by atoms with E-state index in [1.54, 1.807) is 41.5 Å². The van der Waals surface area contributed by atoms with Crippen molar-refractivity contribution in [2.45, 2.75) is 142 Å². The van der Waals surface area contributed by atoms with E-state index >= 15 is 0 Å². The van der Waals surface area contributed by atoms with Gasteiger partial charge in [-0.05, 0) is 25.2 Å². The van der Waals surface area contributed by atoms with Gasteiger partial charge in [-0.1, -0.05) is 61.8 Å². The van der Waals surface area contributed by atoms with Gasteiger partial charge in [-0.15, -0.1) is 0 Å². The van der Waals surface area contributed by atoms with Gasteiger partial charge in [-0.3, -0.25) is 19.2 Å². The Hall–Kier alpha value is -2.40. The van der Waals surface area contributed by atoms with Crippen LogP contribution in [0.2, 0.25) is 0 Å². The first-order chi connectivity index (χ1) is 22.5.